The molecule has 10 heteroatoms. The van der Waals surface area contributed by atoms with E-state index in [2.05, 4.69) is 4.98 Å². The number of halogens is 4. The zero-order chi connectivity index (χ0) is 18.8. The number of amides is 1. The molecule has 3 aromatic rings. The maximum Gasteiger partial charge on any atom is 0.340 e. The Kier molecular flexibility index (Phi) is 4.57. The van der Waals surface area contributed by atoms with Gasteiger partial charge in [-0.25, -0.2) is 27.3 Å². The summed E-state index contributed by atoms with van der Waals surface area (Å²) in [6.07, 6.45) is 1.11. The number of esters is 1. The van der Waals surface area contributed by atoms with Crippen LogP contribution in [-0.4, -0.2) is 23.5 Å². The molecule has 134 valence electrons. The van der Waals surface area contributed by atoms with Gasteiger partial charge in [-0.15, -0.1) is 0 Å². The summed E-state index contributed by atoms with van der Waals surface area (Å²) in [5.41, 5.74) is -0.814. The lowest BCUT2D eigenvalue weighted by atomic mass is 10.2. The second-order valence-electron chi connectivity index (χ2n) is 4.97. The number of anilines is 1. The molecular formula is C16H8F4N2O4. The number of oxazole rings is 1. The smallest absolute Gasteiger partial charge is 0.340 e. The van der Waals surface area contributed by atoms with Gasteiger partial charge in [0.05, 0.1) is 5.56 Å². The number of para-hydroxylation sites is 1. The van der Waals surface area contributed by atoms with Crippen LogP contribution in [0.1, 0.15) is 10.4 Å². The number of rotatable bonds is 4. The lowest BCUT2D eigenvalue weighted by molar-refractivity contribution is -0.119. The van der Waals surface area contributed by atoms with Gasteiger partial charge in [0.25, 0.3) is 5.91 Å². The standard InChI is InChI=1S/C16H8F4N2O4/c17-8-4-9(18)13(20)15(12(8)19)22-11(23)5-25-16(24)7-2-1-3-10-14(7)21-6-26-10/h1-4,6H,5H2,(H,22,23). The van der Waals surface area contributed by atoms with Gasteiger partial charge in [-0.05, 0) is 12.1 Å². The van der Waals surface area contributed by atoms with Crippen LogP contribution >= 0.6 is 0 Å². The van der Waals surface area contributed by atoms with Crippen LogP contribution in [0.3, 0.4) is 0 Å². The second kappa shape index (κ2) is 6.82. The topological polar surface area (TPSA) is 81.4 Å². The molecule has 0 aliphatic rings. The second-order valence-corrected chi connectivity index (χ2v) is 4.97. The number of hydrogen-bond donors (Lipinski definition) is 1. The van der Waals surface area contributed by atoms with Gasteiger partial charge < -0.3 is 14.5 Å². The van der Waals surface area contributed by atoms with Crippen LogP contribution in [0.5, 0.6) is 0 Å². The van der Waals surface area contributed by atoms with E-state index in [9.17, 15) is 27.2 Å². The Morgan fingerprint density at radius 3 is 2.50 bits per heavy atom. The largest absolute Gasteiger partial charge is 0.452 e. The molecule has 0 bridgehead atoms. The fraction of sp³-hybridized carbons (Fsp3) is 0.0625. The maximum atomic E-state index is 13.5. The van der Waals surface area contributed by atoms with Gasteiger partial charge in [0.1, 0.15) is 11.2 Å². The predicted molar refractivity (Wildman–Crippen MR) is 79.2 cm³/mol. The van der Waals surface area contributed by atoms with Crippen molar-refractivity contribution < 1.29 is 36.3 Å². The lowest BCUT2D eigenvalue weighted by Gasteiger charge is -2.09. The summed E-state index contributed by atoms with van der Waals surface area (Å²) in [6.45, 7) is -0.954. The van der Waals surface area contributed by atoms with Crippen molar-refractivity contribution in [3.63, 3.8) is 0 Å². The average molecular weight is 368 g/mol. The third-order valence-corrected chi connectivity index (χ3v) is 3.29. The van der Waals surface area contributed by atoms with Gasteiger partial charge in [0.2, 0.25) is 0 Å². The minimum Gasteiger partial charge on any atom is -0.452 e. The van der Waals surface area contributed by atoms with Crippen LogP contribution in [-0.2, 0) is 9.53 Å². The molecule has 6 nitrogen and oxygen atoms in total. The summed E-state index contributed by atoms with van der Waals surface area (Å²) >= 11 is 0. The highest BCUT2D eigenvalue weighted by Crippen LogP contribution is 2.24. The molecule has 2 aromatic carbocycles. The van der Waals surface area contributed by atoms with E-state index in [4.69, 9.17) is 9.15 Å². The quantitative estimate of drug-likeness (QED) is 0.435. The molecule has 0 unspecified atom stereocenters. The number of nitrogens with one attached hydrogen (secondary N) is 1. The van der Waals surface area contributed by atoms with Crippen molar-refractivity contribution in [2.24, 2.45) is 0 Å². The molecule has 0 aliphatic carbocycles. The van der Waals surface area contributed by atoms with Crippen LogP contribution in [0.25, 0.3) is 11.1 Å². The monoisotopic (exact) mass is 368 g/mol. The van der Waals surface area contributed by atoms with E-state index in [1.54, 1.807) is 11.4 Å². The van der Waals surface area contributed by atoms with E-state index in [-0.39, 0.29) is 17.1 Å². The number of ether oxygens (including phenoxy) is 1. The third-order valence-electron chi connectivity index (χ3n) is 3.29. The molecule has 1 aromatic heterocycles. The first-order valence-electron chi connectivity index (χ1n) is 7.00. The molecular weight excluding hydrogens is 360 g/mol. The van der Waals surface area contributed by atoms with E-state index in [0.29, 0.717) is 5.58 Å². The zero-order valence-electron chi connectivity index (χ0n) is 12.7. The van der Waals surface area contributed by atoms with Crippen molar-refractivity contribution in [3.8, 4) is 0 Å². The van der Waals surface area contributed by atoms with Crippen molar-refractivity contribution in [2.45, 2.75) is 0 Å². The van der Waals surface area contributed by atoms with Gasteiger partial charge >= 0.3 is 5.97 Å². The van der Waals surface area contributed by atoms with Gasteiger partial charge in [0, 0.05) is 6.07 Å². The van der Waals surface area contributed by atoms with Crippen LogP contribution in [0.4, 0.5) is 23.2 Å². The van der Waals surface area contributed by atoms with Crippen LogP contribution in [0.2, 0.25) is 0 Å². The molecule has 0 spiro atoms. The van der Waals surface area contributed by atoms with Crippen molar-refractivity contribution in [1.82, 2.24) is 4.98 Å². The molecule has 0 atom stereocenters. The minimum absolute atomic E-state index is 0.00108. The number of carbonyl (C=O) groups excluding carboxylic acids is 2. The molecule has 1 N–H and O–H groups in total. The van der Waals surface area contributed by atoms with Crippen molar-refractivity contribution >= 4 is 28.7 Å². The van der Waals surface area contributed by atoms with Crippen molar-refractivity contribution in [1.29, 1.82) is 0 Å². The molecule has 0 fully saturated rings. The van der Waals surface area contributed by atoms with E-state index in [0.717, 1.165) is 6.39 Å². The molecule has 0 aliphatic heterocycles. The minimum atomic E-state index is -1.78. The van der Waals surface area contributed by atoms with Crippen LogP contribution in [0.15, 0.2) is 35.1 Å². The summed E-state index contributed by atoms with van der Waals surface area (Å²) in [4.78, 5) is 27.5. The van der Waals surface area contributed by atoms with E-state index in [1.807, 2.05) is 0 Å². The van der Waals surface area contributed by atoms with E-state index in [1.165, 1.54) is 12.1 Å². The first-order chi connectivity index (χ1) is 12.4. The van der Waals surface area contributed by atoms with Gasteiger partial charge in [-0.2, -0.15) is 0 Å². The first-order valence-corrected chi connectivity index (χ1v) is 7.00. The number of fused-ring (bicyclic) bond motifs is 1. The Morgan fingerprint density at radius 1 is 1.12 bits per heavy atom. The summed E-state index contributed by atoms with van der Waals surface area (Å²) in [6, 6.07) is 4.41. The molecule has 1 amide bonds. The lowest BCUT2D eigenvalue weighted by Crippen LogP contribution is -2.22. The van der Waals surface area contributed by atoms with Crippen molar-refractivity contribution in [3.05, 3.63) is 59.5 Å². The number of carbonyl (C=O) groups is 2. The summed E-state index contributed by atoms with van der Waals surface area (Å²) in [5.74, 6) is -9.09. The summed E-state index contributed by atoms with van der Waals surface area (Å²) in [7, 11) is 0. The fourth-order valence-electron chi connectivity index (χ4n) is 2.12. The number of aromatic nitrogens is 1. The molecule has 0 saturated heterocycles. The highest BCUT2D eigenvalue weighted by Gasteiger charge is 2.22. The molecule has 0 radical (unpaired) electrons. The zero-order valence-corrected chi connectivity index (χ0v) is 12.7. The predicted octanol–water partition coefficient (Wildman–Crippen LogP) is 3.18. The highest BCUT2D eigenvalue weighted by molar-refractivity contribution is 6.02. The SMILES string of the molecule is O=C(COC(=O)c1cccc2ocnc12)Nc1c(F)c(F)cc(F)c1F. The fourth-order valence-corrected chi connectivity index (χ4v) is 2.12. The van der Waals surface area contributed by atoms with Crippen LogP contribution < -0.4 is 5.32 Å². The molecule has 26 heavy (non-hydrogen) atoms. The average Bonchev–Trinajstić information content (AvgIpc) is 3.10. The molecule has 3 rings (SSSR count). The van der Waals surface area contributed by atoms with Gasteiger partial charge in [0.15, 0.2) is 41.9 Å². The Hall–Kier alpha value is -3.43. The number of hydrogen-bond acceptors (Lipinski definition) is 5. The molecule has 1 heterocycles. The van der Waals surface area contributed by atoms with Crippen LogP contribution in [0, 0.1) is 23.3 Å². The summed E-state index contributed by atoms with van der Waals surface area (Å²) in [5, 5.41) is 1.62. The maximum absolute atomic E-state index is 13.5. The Balaban J connectivity index is 1.70. The van der Waals surface area contributed by atoms with Gasteiger partial charge in [-0.3, -0.25) is 4.79 Å². The summed E-state index contributed by atoms with van der Waals surface area (Å²) < 4.78 is 62.9. The number of nitrogens with zero attached hydrogens (tertiary/aromatic N) is 1. The first kappa shape index (κ1) is 17.4. The van der Waals surface area contributed by atoms with Gasteiger partial charge in [-0.1, -0.05) is 6.07 Å². The molecule has 0 saturated carbocycles. The Morgan fingerprint density at radius 2 is 1.81 bits per heavy atom. The Labute approximate surface area is 142 Å². The van der Waals surface area contributed by atoms with E-state index >= 15 is 0 Å². The Bertz CT molecular complexity index is 993. The third kappa shape index (κ3) is 3.21. The highest BCUT2D eigenvalue weighted by atomic mass is 19.2. The van der Waals surface area contributed by atoms with Crippen molar-refractivity contribution in [2.75, 3.05) is 11.9 Å². The number of benzene rings is 2. The normalized spacial score (nSPS) is 10.8. The van der Waals surface area contributed by atoms with E-state index < -0.39 is 47.4 Å².